The van der Waals surface area contributed by atoms with Gasteiger partial charge in [0.2, 0.25) is 5.78 Å². The summed E-state index contributed by atoms with van der Waals surface area (Å²) in [6.45, 7) is 15.9. The van der Waals surface area contributed by atoms with Crippen LogP contribution in [0.5, 0.6) is 5.75 Å². The zero-order valence-corrected chi connectivity index (χ0v) is 49.8. The first kappa shape index (κ1) is 66.9. The number of halogens is 1. The van der Waals surface area contributed by atoms with Crippen LogP contribution in [0.4, 0.5) is 0 Å². The van der Waals surface area contributed by atoms with E-state index in [9.17, 15) is 69.9 Å². The third kappa shape index (κ3) is 11.8. The molecule has 1 aromatic carbocycles. The van der Waals surface area contributed by atoms with Crippen LogP contribution >= 0.6 is 12.4 Å². The fourth-order valence-corrected chi connectivity index (χ4v) is 13.5. The van der Waals surface area contributed by atoms with Crippen molar-refractivity contribution in [2.75, 3.05) is 41.9 Å². The third-order valence-corrected chi connectivity index (χ3v) is 18.4. The molecule has 24 atom stereocenters. The molecule has 6 unspecified atom stereocenters. The average Bonchev–Trinajstić information content (AvgIpc) is 2.92. The molecule has 4 aliphatic heterocycles. The number of carbonyl (C=O) groups is 5. The number of hydrogen-bond acceptors (Lipinski definition) is 23. The highest BCUT2D eigenvalue weighted by Gasteiger charge is 2.70. The Morgan fingerprint density at radius 1 is 0.780 bits per heavy atom. The quantitative estimate of drug-likeness (QED) is 0.0983. The summed E-state index contributed by atoms with van der Waals surface area (Å²) in [5.41, 5.74) is -2.87. The zero-order valence-electron chi connectivity index (χ0n) is 49.0. The van der Waals surface area contributed by atoms with Crippen molar-refractivity contribution in [2.45, 2.75) is 184 Å². The van der Waals surface area contributed by atoms with Gasteiger partial charge in [0, 0.05) is 37.3 Å². The summed E-state index contributed by atoms with van der Waals surface area (Å²) in [4.78, 5) is 69.6. The number of benzene rings is 1. The molecule has 0 aromatic heterocycles. The minimum absolute atomic E-state index is 0. The largest absolute Gasteiger partial charge is 0.508 e. The molecule has 4 saturated heterocycles. The van der Waals surface area contributed by atoms with Crippen molar-refractivity contribution in [3.05, 3.63) is 46.2 Å². The van der Waals surface area contributed by atoms with Crippen LogP contribution in [0, 0.1) is 41.4 Å². The van der Waals surface area contributed by atoms with E-state index in [0.29, 0.717) is 6.42 Å². The molecular formula is C57H86ClN3O21. The monoisotopic (exact) mass is 1180 g/mol. The lowest BCUT2D eigenvalue weighted by Crippen LogP contribution is -2.71. The molecule has 24 nitrogen and oxygen atoms in total. The second kappa shape index (κ2) is 25.0. The molecule has 82 heavy (non-hydrogen) atoms. The first-order valence-electron chi connectivity index (χ1n) is 27.7. The predicted molar refractivity (Wildman–Crippen MR) is 292 cm³/mol. The van der Waals surface area contributed by atoms with Gasteiger partial charge in [-0.2, -0.15) is 0 Å². The molecule has 4 heterocycles. The van der Waals surface area contributed by atoms with Crippen molar-refractivity contribution in [1.82, 2.24) is 9.80 Å². The molecule has 11 N–H and O–H groups in total. The lowest BCUT2D eigenvalue weighted by Gasteiger charge is -2.55. The number of methoxy groups -OCH3 is 1. The molecule has 8 rings (SSSR count). The maximum Gasteiger partial charge on any atom is 0.311 e. The lowest BCUT2D eigenvalue weighted by atomic mass is 9.53. The van der Waals surface area contributed by atoms with E-state index >= 15 is 0 Å². The van der Waals surface area contributed by atoms with E-state index in [-0.39, 0.29) is 66.8 Å². The van der Waals surface area contributed by atoms with Gasteiger partial charge in [-0.1, -0.05) is 39.8 Å². The Bertz CT molecular complexity index is 2630. The highest BCUT2D eigenvalue weighted by Crippen LogP contribution is 2.57. The number of carbonyl (C=O) groups excluding carboxylic acids is 5. The van der Waals surface area contributed by atoms with Crippen LogP contribution in [0.1, 0.15) is 92.7 Å². The number of ether oxygens (including phenoxy) is 7. The van der Waals surface area contributed by atoms with Crippen LogP contribution in [0.2, 0.25) is 0 Å². The van der Waals surface area contributed by atoms with Crippen LogP contribution in [-0.2, 0) is 62.7 Å². The molecule has 1 aromatic rings. The number of ketones is 3. The topological polar surface area (TPSA) is 368 Å². The number of cyclic esters (lactones) is 1. The summed E-state index contributed by atoms with van der Waals surface area (Å²) in [5.74, 6) is -13.4. The molecule has 5 fully saturated rings. The summed E-state index contributed by atoms with van der Waals surface area (Å²) < 4.78 is 43.0. The van der Waals surface area contributed by atoms with E-state index < -0.39 is 178 Å². The molecule has 462 valence electrons. The number of phenolic OH excluding ortho intramolecular Hbond substituents is 1. The summed E-state index contributed by atoms with van der Waals surface area (Å²) in [6.07, 6.45) is -9.02. The third-order valence-electron chi connectivity index (χ3n) is 18.4. The Morgan fingerprint density at radius 2 is 1.40 bits per heavy atom. The van der Waals surface area contributed by atoms with Crippen molar-refractivity contribution in [3.8, 4) is 5.75 Å². The van der Waals surface area contributed by atoms with Gasteiger partial charge in [0.25, 0.3) is 5.91 Å². The summed E-state index contributed by atoms with van der Waals surface area (Å²) in [5, 5.41) is 99.6. The van der Waals surface area contributed by atoms with Gasteiger partial charge < -0.3 is 89.8 Å². The van der Waals surface area contributed by atoms with Crippen molar-refractivity contribution in [2.24, 2.45) is 47.2 Å². The molecule has 3 aliphatic carbocycles. The summed E-state index contributed by atoms with van der Waals surface area (Å²) in [7, 11) is 8.12. The second-order valence-electron chi connectivity index (χ2n) is 24.4. The van der Waals surface area contributed by atoms with E-state index in [1.54, 1.807) is 34.6 Å². The predicted octanol–water partition coefficient (Wildman–Crippen LogP) is 0.930. The smallest absolute Gasteiger partial charge is 0.311 e. The average molecular weight is 1180 g/mol. The molecule has 1 saturated carbocycles. The van der Waals surface area contributed by atoms with Crippen molar-refractivity contribution < 1.29 is 103 Å². The normalized spacial score (nSPS) is 43.7. The Labute approximate surface area is 483 Å². The Kier molecular flexibility index (Phi) is 20.4. The number of esters is 1. The highest BCUT2D eigenvalue weighted by molar-refractivity contribution is 6.24. The number of likely N-dealkylation sites (N-methyl/N-ethyl adjacent to an activating group) is 2. The van der Waals surface area contributed by atoms with Crippen LogP contribution in [-0.4, -0.2) is 224 Å². The van der Waals surface area contributed by atoms with Gasteiger partial charge >= 0.3 is 5.97 Å². The number of hydrogen-bond donors (Lipinski definition) is 10. The molecule has 7 aliphatic rings. The first-order chi connectivity index (χ1) is 37.6. The van der Waals surface area contributed by atoms with Gasteiger partial charge in [0.1, 0.15) is 41.2 Å². The van der Waals surface area contributed by atoms with E-state index in [0.717, 1.165) is 0 Å². The summed E-state index contributed by atoms with van der Waals surface area (Å²) >= 11 is 0. The van der Waals surface area contributed by atoms with Crippen molar-refractivity contribution in [3.63, 3.8) is 0 Å². The maximum atomic E-state index is 13.9. The molecule has 0 radical (unpaired) electrons. The van der Waals surface area contributed by atoms with Gasteiger partial charge in [-0.05, 0) is 93.2 Å². The number of aliphatic hydroxyl groups excluding tert-OH is 6. The van der Waals surface area contributed by atoms with Crippen LogP contribution in [0.25, 0.3) is 5.76 Å². The molecule has 1 spiro atoms. The van der Waals surface area contributed by atoms with Crippen molar-refractivity contribution >= 4 is 47.4 Å². The van der Waals surface area contributed by atoms with E-state index in [4.69, 9.17) is 38.9 Å². The van der Waals surface area contributed by atoms with Gasteiger partial charge in [-0.25, -0.2) is 0 Å². The molecule has 0 bridgehead atoms. The molecular weight excluding hydrogens is 1100 g/mol. The number of Topliss-reactive ketones (excluding diaryl/α,β-unsaturated/α-hetero) is 3. The Hall–Kier alpha value is -4.22. The second-order valence-corrected chi connectivity index (χ2v) is 24.4. The molecule has 1 amide bonds. The Balaban J connectivity index is 0.000000278. The number of fused-ring (bicyclic) bond motifs is 3. The number of epoxide rings is 1. The van der Waals surface area contributed by atoms with Gasteiger partial charge in [0.05, 0.1) is 89.9 Å². The van der Waals surface area contributed by atoms with Gasteiger partial charge in [0.15, 0.2) is 35.3 Å². The fraction of sp³-hybridized carbons (Fsp3) is 0.737. The highest BCUT2D eigenvalue weighted by atomic mass is 35.5. The minimum atomic E-state index is -3.02. The number of nitrogens with zero attached hydrogens (tertiary/aromatic N) is 2. The minimum Gasteiger partial charge on any atom is -0.508 e. The van der Waals surface area contributed by atoms with E-state index in [1.807, 2.05) is 39.8 Å². The van der Waals surface area contributed by atoms with Crippen LogP contribution in [0.15, 0.2) is 35.1 Å². The Morgan fingerprint density at radius 3 is 1.96 bits per heavy atom. The lowest BCUT2D eigenvalue weighted by molar-refractivity contribution is -0.299. The number of phenols is 1. The number of nitrogens with two attached hydrogens (primary N) is 1. The summed E-state index contributed by atoms with van der Waals surface area (Å²) in [6, 6.07) is 2.28. The maximum absolute atomic E-state index is 13.9. The van der Waals surface area contributed by atoms with Gasteiger partial charge in [-0.3, -0.25) is 28.9 Å². The van der Waals surface area contributed by atoms with Crippen LogP contribution < -0.4 is 5.73 Å². The fourth-order valence-electron chi connectivity index (χ4n) is 13.5. The number of primary amides is 1. The number of aromatic hydroxyl groups is 1. The number of rotatable bonds is 8. The van der Waals surface area contributed by atoms with Gasteiger partial charge in [-0.15, -0.1) is 12.4 Å². The standard InChI is InChI=1S/C35H61NO12.C22H24N2O9.ClH/c1-16-14-35(15-43-35)32(40)19(4)27(37)18(3)22(7)46-33(41)21(6)31(47-26-13-25(42-11)28(38)23(8)45-26)20(5)30(16)48-34-29(39)24(36(9)10)12-17(2)44-34;1-21(32)7-5-4-6-8(25)9(7)15(26)10-12(21)17(28)13-14(24(2)3)16(27)11(20(23)31)19(30)22(13,33)18(10)29;/h16-31,34,37-39H,12-15H2,1-11H3;4-6,12-14,17,25-26,28,30,32-33H,1-3H3,(H2,23,31);1H/t16-,17+,18-,19+,20+,21+,22+,23-,24-,25-,26-,27-,28-,29+,30-,31-,34-,35+;;/m0../s1. The van der Waals surface area contributed by atoms with Crippen LogP contribution in [0.3, 0.4) is 0 Å². The van der Waals surface area contributed by atoms with Crippen molar-refractivity contribution in [1.29, 1.82) is 0 Å². The number of amides is 1. The first-order valence-corrected chi connectivity index (χ1v) is 27.7. The molecule has 25 heteroatoms. The van der Waals surface area contributed by atoms with E-state index in [2.05, 4.69) is 0 Å². The number of aliphatic hydroxyl groups is 8. The zero-order chi connectivity index (χ0) is 60.6. The van der Waals surface area contributed by atoms with E-state index in [1.165, 1.54) is 51.2 Å². The SMILES string of the molecule is CN(C)C1C(=O)C(C(N)=O)=C(O)C2(O)C(=O)C3=C(O)c4c(O)cccc4C(C)(O)C3C(O)C12.CO[C@H]1C[C@H](O[C@H]2[C@H](C)[C@@H](O[C@@H]3O[C@H](C)C[C@H](N(C)C)[C@H]3O)[C@@H](C)C[C@@]3(CO3)C(=O)[C@H](C)[C@@H](O)[C@@H](C)[C@@H](C)OC(=O)[C@@H]2C)O[C@@H](C)[C@@H]1O.Cl.